The van der Waals surface area contributed by atoms with Gasteiger partial charge in [-0.3, -0.25) is 0 Å². The second-order valence-electron chi connectivity index (χ2n) is 16.0. The number of hydrogen-bond acceptors (Lipinski definition) is 2. The summed E-state index contributed by atoms with van der Waals surface area (Å²) in [6.45, 7) is 0. The summed E-state index contributed by atoms with van der Waals surface area (Å²) in [4.78, 5) is 10.8. The lowest BCUT2D eigenvalue weighted by atomic mass is 9.66. The number of fused-ring (bicyclic) bond motifs is 12. The predicted molar refractivity (Wildman–Crippen MR) is 251 cm³/mol. The van der Waals surface area contributed by atoms with Crippen molar-refractivity contribution in [2.45, 2.75) is 5.41 Å². The van der Waals surface area contributed by atoms with Gasteiger partial charge >= 0.3 is 0 Å². The molecule has 1 heterocycles. The summed E-state index contributed by atoms with van der Waals surface area (Å²) < 4.78 is 0. The molecule has 10 aromatic rings. The highest BCUT2D eigenvalue weighted by Gasteiger charge is 2.49. The van der Waals surface area contributed by atoms with E-state index >= 15 is 0 Å². The van der Waals surface area contributed by atoms with E-state index in [-0.39, 0.29) is 0 Å². The number of rotatable bonds is 5. The molecule has 0 aliphatic heterocycles. The molecule has 0 saturated carbocycles. The van der Waals surface area contributed by atoms with Gasteiger partial charge in [-0.2, -0.15) is 0 Å². The first kappa shape index (κ1) is 35.0. The third-order valence-corrected chi connectivity index (χ3v) is 12.8. The fourth-order valence-electron chi connectivity index (χ4n) is 10.0. The van der Waals surface area contributed by atoms with Gasteiger partial charge in [-0.25, -0.2) is 9.97 Å². The molecule has 0 unspecified atom stereocenters. The lowest BCUT2D eigenvalue weighted by Crippen LogP contribution is -2.29. The van der Waals surface area contributed by atoms with Crippen molar-refractivity contribution in [3.05, 3.63) is 253 Å². The third-order valence-electron chi connectivity index (χ3n) is 12.8. The summed E-state index contributed by atoms with van der Waals surface area (Å²) in [5.41, 5.74) is 21.5. The minimum absolute atomic E-state index is 0.539. The Bertz CT molecular complexity index is 3250. The van der Waals surface area contributed by atoms with Gasteiger partial charge in [0.25, 0.3) is 0 Å². The van der Waals surface area contributed by atoms with Crippen LogP contribution in [-0.4, -0.2) is 9.97 Å². The molecule has 0 amide bonds. The van der Waals surface area contributed by atoms with E-state index in [1.54, 1.807) is 0 Å². The van der Waals surface area contributed by atoms with E-state index < -0.39 is 5.41 Å². The monoisotopic (exact) mass is 774 g/mol. The second kappa shape index (κ2) is 14.1. The second-order valence-corrected chi connectivity index (χ2v) is 16.0. The standard InChI is InChI=1S/C59H38N2/c1-3-16-39(17-4-1)41-30-32-42(33-31-41)56-38-57(44-21-15-20-43(36-44)40-18-5-2-6-19-40)61-58(60-56)45-34-35-55-51(37-45)47-23-8-7-22-46(47)48-24-9-12-27-52(48)59(55)53-28-13-10-25-49(53)50-26-11-14-29-54(50)59/h1-38H. The van der Waals surface area contributed by atoms with E-state index in [1.807, 2.05) is 0 Å². The topological polar surface area (TPSA) is 25.8 Å². The Morgan fingerprint density at radius 2 is 0.623 bits per heavy atom. The zero-order chi connectivity index (χ0) is 40.3. The molecule has 0 radical (unpaired) electrons. The first-order chi connectivity index (χ1) is 30.2. The lowest BCUT2D eigenvalue weighted by Gasteiger charge is -2.35. The maximum absolute atomic E-state index is 5.42. The Morgan fingerprint density at radius 1 is 0.230 bits per heavy atom. The van der Waals surface area contributed by atoms with Gasteiger partial charge in [-0.1, -0.05) is 212 Å². The van der Waals surface area contributed by atoms with Gasteiger partial charge in [0, 0.05) is 16.7 Å². The molecule has 0 atom stereocenters. The summed E-state index contributed by atoms with van der Waals surface area (Å²) in [6.07, 6.45) is 0. The van der Waals surface area contributed by atoms with Gasteiger partial charge in [0.2, 0.25) is 0 Å². The van der Waals surface area contributed by atoms with Crippen LogP contribution in [0.3, 0.4) is 0 Å². The van der Waals surface area contributed by atoms with Crippen LogP contribution in [0.2, 0.25) is 0 Å². The van der Waals surface area contributed by atoms with Crippen LogP contribution >= 0.6 is 0 Å². The van der Waals surface area contributed by atoms with Gasteiger partial charge < -0.3 is 0 Å². The van der Waals surface area contributed by atoms with E-state index in [1.165, 1.54) is 72.3 Å². The van der Waals surface area contributed by atoms with E-state index in [2.05, 4.69) is 231 Å². The Morgan fingerprint density at radius 3 is 1.23 bits per heavy atom. The lowest BCUT2D eigenvalue weighted by molar-refractivity contribution is 0.775. The molecular weight excluding hydrogens is 737 g/mol. The number of aromatic nitrogens is 2. The highest BCUT2D eigenvalue weighted by molar-refractivity contribution is 5.98. The molecule has 1 aromatic heterocycles. The molecule has 61 heavy (non-hydrogen) atoms. The van der Waals surface area contributed by atoms with E-state index in [0.29, 0.717) is 5.82 Å². The number of nitrogens with zero attached hydrogens (tertiary/aromatic N) is 2. The van der Waals surface area contributed by atoms with Gasteiger partial charge in [0.15, 0.2) is 5.82 Å². The molecule has 2 nitrogen and oxygen atoms in total. The average Bonchev–Trinajstić information content (AvgIpc) is 3.59. The van der Waals surface area contributed by atoms with Crippen molar-refractivity contribution in [2.75, 3.05) is 0 Å². The quantitative estimate of drug-likeness (QED) is 0.174. The van der Waals surface area contributed by atoms with Crippen LogP contribution in [0.4, 0.5) is 0 Å². The maximum Gasteiger partial charge on any atom is 0.160 e. The van der Waals surface area contributed by atoms with Gasteiger partial charge in [0.05, 0.1) is 16.8 Å². The van der Waals surface area contributed by atoms with Gasteiger partial charge in [-0.05, 0) is 96.1 Å². The van der Waals surface area contributed by atoms with Crippen LogP contribution in [0.1, 0.15) is 22.3 Å². The fraction of sp³-hybridized carbons (Fsp3) is 0.0169. The summed E-state index contributed by atoms with van der Waals surface area (Å²) in [5, 5.41) is 0. The summed E-state index contributed by atoms with van der Waals surface area (Å²) >= 11 is 0. The molecule has 1 spiro atoms. The maximum atomic E-state index is 5.42. The van der Waals surface area contributed by atoms with Gasteiger partial charge in [-0.15, -0.1) is 0 Å². The average molecular weight is 775 g/mol. The van der Waals surface area contributed by atoms with Crippen molar-refractivity contribution in [1.29, 1.82) is 0 Å². The molecule has 2 aliphatic carbocycles. The van der Waals surface area contributed by atoms with Crippen molar-refractivity contribution in [1.82, 2.24) is 9.97 Å². The normalized spacial score (nSPS) is 12.7. The van der Waals surface area contributed by atoms with Gasteiger partial charge in [0.1, 0.15) is 0 Å². The van der Waals surface area contributed by atoms with Crippen molar-refractivity contribution in [2.24, 2.45) is 0 Å². The first-order valence-corrected chi connectivity index (χ1v) is 21.0. The van der Waals surface area contributed by atoms with Crippen molar-refractivity contribution in [3.63, 3.8) is 0 Å². The third kappa shape index (κ3) is 5.57. The Balaban J connectivity index is 1.10. The Labute approximate surface area is 356 Å². The van der Waals surface area contributed by atoms with Crippen LogP contribution in [0.25, 0.3) is 89.5 Å². The molecule has 12 rings (SSSR count). The zero-order valence-corrected chi connectivity index (χ0v) is 33.3. The zero-order valence-electron chi connectivity index (χ0n) is 33.3. The molecule has 0 saturated heterocycles. The molecular formula is C59H38N2. The highest BCUT2D eigenvalue weighted by atomic mass is 14.9. The number of benzene rings is 9. The van der Waals surface area contributed by atoms with Crippen molar-refractivity contribution < 1.29 is 0 Å². The smallest absolute Gasteiger partial charge is 0.160 e. The van der Waals surface area contributed by atoms with E-state index in [4.69, 9.17) is 9.97 Å². The fourth-order valence-corrected chi connectivity index (χ4v) is 10.0. The first-order valence-electron chi connectivity index (χ1n) is 21.0. The van der Waals surface area contributed by atoms with Crippen molar-refractivity contribution >= 4 is 0 Å². The molecule has 9 aromatic carbocycles. The number of hydrogen-bond donors (Lipinski definition) is 0. The summed E-state index contributed by atoms with van der Waals surface area (Å²) in [5.74, 6) is 0.688. The molecule has 2 aliphatic rings. The van der Waals surface area contributed by atoms with Crippen LogP contribution in [0, 0.1) is 0 Å². The van der Waals surface area contributed by atoms with Crippen LogP contribution in [-0.2, 0) is 5.41 Å². The Hall–Kier alpha value is -7.94. The minimum atomic E-state index is -0.539. The Kier molecular flexibility index (Phi) is 8.11. The van der Waals surface area contributed by atoms with E-state index in [0.717, 1.165) is 33.6 Å². The highest BCUT2D eigenvalue weighted by Crippen LogP contribution is 2.61. The molecule has 0 bridgehead atoms. The molecule has 2 heteroatoms. The largest absolute Gasteiger partial charge is 0.228 e. The predicted octanol–water partition coefficient (Wildman–Crippen LogP) is 14.8. The molecule has 284 valence electrons. The molecule has 0 fully saturated rings. The van der Waals surface area contributed by atoms with E-state index in [9.17, 15) is 0 Å². The summed E-state index contributed by atoms with van der Waals surface area (Å²) in [7, 11) is 0. The van der Waals surface area contributed by atoms with Crippen molar-refractivity contribution in [3.8, 4) is 89.5 Å². The molecule has 0 N–H and O–H groups in total. The van der Waals surface area contributed by atoms with Crippen LogP contribution < -0.4 is 0 Å². The van der Waals surface area contributed by atoms with Crippen LogP contribution in [0.5, 0.6) is 0 Å². The SMILES string of the molecule is c1ccc(-c2ccc(-c3cc(-c4cccc(-c5ccccc5)c4)nc(-c4ccc5c(c4)-c4ccccc4-c4ccccc4C54c5ccccc5-c5ccccc54)n3)cc2)cc1. The summed E-state index contributed by atoms with van der Waals surface area (Å²) in [6, 6.07) is 83.5. The van der Waals surface area contributed by atoms with Crippen LogP contribution in [0.15, 0.2) is 231 Å². The minimum Gasteiger partial charge on any atom is -0.228 e.